The molecule has 1 heterocycles. The molecular weight excluding hydrogens is 186 g/mol. The summed E-state index contributed by atoms with van der Waals surface area (Å²) >= 11 is 0. The van der Waals surface area contributed by atoms with Gasteiger partial charge < -0.3 is 10.3 Å². The van der Waals surface area contributed by atoms with Gasteiger partial charge in [0.25, 0.3) is 0 Å². The van der Waals surface area contributed by atoms with E-state index in [1.54, 1.807) is 0 Å². The van der Waals surface area contributed by atoms with Crippen molar-refractivity contribution in [3.8, 4) is 0 Å². The van der Waals surface area contributed by atoms with E-state index in [2.05, 4.69) is 23.4 Å². The first-order valence-corrected chi connectivity index (χ1v) is 5.36. The van der Waals surface area contributed by atoms with Crippen LogP contribution in [-0.4, -0.2) is 9.55 Å². The number of nitrogens with two attached hydrogens (primary N) is 1. The topological polar surface area (TPSA) is 43.8 Å². The minimum atomic E-state index is 0.470. The Balaban J connectivity index is 2.64. The summed E-state index contributed by atoms with van der Waals surface area (Å²) in [5, 5.41) is 0. The Labute approximate surface area is 89.9 Å². The number of anilines is 1. The van der Waals surface area contributed by atoms with Crippen LogP contribution in [0, 0.1) is 6.92 Å². The molecule has 0 aliphatic rings. The average Bonchev–Trinajstić information content (AvgIpc) is 2.61. The molecule has 3 nitrogen and oxygen atoms in total. The highest BCUT2D eigenvalue weighted by Crippen LogP contribution is 2.24. The monoisotopic (exact) mass is 203 g/mol. The van der Waals surface area contributed by atoms with Crippen LogP contribution in [0.2, 0.25) is 0 Å². The number of benzene rings is 1. The summed E-state index contributed by atoms with van der Waals surface area (Å²) in [6.45, 7) is 6.38. The summed E-state index contributed by atoms with van der Waals surface area (Å²) in [5.41, 5.74) is 10.0. The molecule has 15 heavy (non-hydrogen) atoms. The standard InChI is InChI=1S/C12H17N3/c1-4-9(3)15-7-14-11-5-8(2)10(13)6-12(11)15/h5-7,9H,4,13H2,1-3H3. The quantitative estimate of drug-likeness (QED) is 0.763. The molecule has 1 atom stereocenters. The zero-order chi connectivity index (χ0) is 11.0. The van der Waals surface area contributed by atoms with Crippen LogP contribution in [0.3, 0.4) is 0 Å². The van der Waals surface area contributed by atoms with Crippen LogP contribution >= 0.6 is 0 Å². The highest BCUT2D eigenvalue weighted by Gasteiger charge is 2.08. The van der Waals surface area contributed by atoms with Gasteiger partial charge in [-0.2, -0.15) is 0 Å². The molecule has 80 valence electrons. The van der Waals surface area contributed by atoms with Crippen LogP contribution in [0.15, 0.2) is 18.5 Å². The van der Waals surface area contributed by atoms with Gasteiger partial charge in [0.1, 0.15) is 0 Å². The van der Waals surface area contributed by atoms with Crippen molar-refractivity contribution in [2.24, 2.45) is 0 Å². The predicted molar refractivity (Wildman–Crippen MR) is 63.9 cm³/mol. The molecule has 2 aromatic rings. The van der Waals surface area contributed by atoms with Crippen molar-refractivity contribution in [2.45, 2.75) is 33.2 Å². The van der Waals surface area contributed by atoms with Gasteiger partial charge in [0, 0.05) is 11.7 Å². The van der Waals surface area contributed by atoms with Gasteiger partial charge >= 0.3 is 0 Å². The molecule has 3 heteroatoms. The number of hydrogen-bond donors (Lipinski definition) is 1. The van der Waals surface area contributed by atoms with E-state index >= 15 is 0 Å². The van der Waals surface area contributed by atoms with Crippen LogP contribution in [0.1, 0.15) is 31.9 Å². The lowest BCUT2D eigenvalue weighted by Gasteiger charge is -2.12. The average molecular weight is 203 g/mol. The largest absolute Gasteiger partial charge is 0.398 e. The fourth-order valence-corrected chi connectivity index (χ4v) is 1.74. The molecule has 1 aromatic heterocycles. The van der Waals surface area contributed by atoms with Gasteiger partial charge in [-0.25, -0.2) is 4.98 Å². The highest BCUT2D eigenvalue weighted by molar-refractivity contribution is 5.81. The van der Waals surface area contributed by atoms with Gasteiger partial charge in [-0.05, 0) is 38.0 Å². The second-order valence-electron chi connectivity index (χ2n) is 4.11. The van der Waals surface area contributed by atoms with E-state index in [-0.39, 0.29) is 0 Å². The normalized spacial score (nSPS) is 13.3. The van der Waals surface area contributed by atoms with Crippen molar-refractivity contribution in [1.29, 1.82) is 0 Å². The van der Waals surface area contributed by atoms with E-state index in [0.29, 0.717) is 6.04 Å². The minimum Gasteiger partial charge on any atom is -0.398 e. The van der Waals surface area contributed by atoms with Gasteiger partial charge in [0.2, 0.25) is 0 Å². The van der Waals surface area contributed by atoms with Crippen LogP contribution in [0.4, 0.5) is 5.69 Å². The van der Waals surface area contributed by atoms with Gasteiger partial charge in [-0.15, -0.1) is 0 Å². The second-order valence-corrected chi connectivity index (χ2v) is 4.11. The molecule has 0 aliphatic carbocycles. The minimum absolute atomic E-state index is 0.470. The Kier molecular flexibility index (Phi) is 2.39. The third-order valence-corrected chi connectivity index (χ3v) is 3.03. The number of hydrogen-bond acceptors (Lipinski definition) is 2. The number of aromatic nitrogens is 2. The first-order chi connectivity index (χ1) is 7.13. The van der Waals surface area contributed by atoms with E-state index in [0.717, 1.165) is 28.7 Å². The van der Waals surface area contributed by atoms with Crippen molar-refractivity contribution in [3.63, 3.8) is 0 Å². The molecule has 0 bridgehead atoms. The molecule has 0 radical (unpaired) electrons. The van der Waals surface area contributed by atoms with Gasteiger partial charge in [0.15, 0.2) is 0 Å². The van der Waals surface area contributed by atoms with E-state index in [1.807, 2.05) is 25.4 Å². The second kappa shape index (κ2) is 3.57. The molecule has 0 spiro atoms. The molecule has 2 N–H and O–H groups in total. The summed E-state index contributed by atoms with van der Waals surface area (Å²) in [5.74, 6) is 0. The number of fused-ring (bicyclic) bond motifs is 1. The fourth-order valence-electron chi connectivity index (χ4n) is 1.74. The Bertz CT molecular complexity index is 485. The lowest BCUT2D eigenvalue weighted by atomic mass is 10.1. The van der Waals surface area contributed by atoms with Crippen LogP contribution in [-0.2, 0) is 0 Å². The van der Waals surface area contributed by atoms with Crippen LogP contribution in [0.5, 0.6) is 0 Å². The smallest absolute Gasteiger partial charge is 0.0960 e. The summed E-state index contributed by atoms with van der Waals surface area (Å²) in [4.78, 5) is 4.40. The zero-order valence-electron chi connectivity index (χ0n) is 9.49. The molecule has 1 aromatic carbocycles. The van der Waals surface area contributed by atoms with Crippen molar-refractivity contribution >= 4 is 16.7 Å². The van der Waals surface area contributed by atoms with E-state index in [9.17, 15) is 0 Å². The Morgan fingerprint density at radius 3 is 2.87 bits per heavy atom. The SMILES string of the molecule is CCC(C)n1cnc2cc(C)c(N)cc21. The summed E-state index contributed by atoms with van der Waals surface area (Å²) in [6.07, 6.45) is 3.00. The van der Waals surface area contributed by atoms with Crippen LogP contribution < -0.4 is 5.73 Å². The number of nitrogens with zero attached hydrogens (tertiary/aromatic N) is 2. The number of imidazole rings is 1. The van der Waals surface area contributed by atoms with Gasteiger partial charge in [-0.1, -0.05) is 6.92 Å². The van der Waals surface area contributed by atoms with Gasteiger partial charge in [0.05, 0.1) is 17.4 Å². The lowest BCUT2D eigenvalue weighted by Crippen LogP contribution is -2.02. The highest BCUT2D eigenvalue weighted by atomic mass is 15.1. The maximum absolute atomic E-state index is 5.91. The van der Waals surface area contributed by atoms with Gasteiger partial charge in [-0.3, -0.25) is 0 Å². The van der Waals surface area contributed by atoms with E-state index in [4.69, 9.17) is 5.73 Å². The third kappa shape index (κ3) is 1.58. The number of rotatable bonds is 2. The van der Waals surface area contributed by atoms with Crippen molar-refractivity contribution in [1.82, 2.24) is 9.55 Å². The maximum Gasteiger partial charge on any atom is 0.0960 e. The predicted octanol–water partition coefficient (Wildman–Crippen LogP) is 2.90. The molecule has 0 saturated carbocycles. The number of aryl methyl sites for hydroxylation is 1. The fraction of sp³-hybridized carbons (Fsp3) is 0.417. The van der Waals surface area contributed by atoms with Crippen molar-refractivity contribution < 1.29 is 0 Å². The van der Waals surface area contributed by atoms with Crippen molar-refractivity contribution in [2.75, 3.05) is 5.73 Å². The molecule has 1 unspecified atom stereocenters. The first kappa shape index (κ1) is 10.0. The Hall–Kier alpha value is -1.51. The molecule has 0 amide bonds. The molecule has 0 saturated heterocycles. The van der Waals surface area contributed by atoms with Crippen molar-refractivity contribution in [3.05, 3.63) is 24.0 Å². The summed E-state index contributed by atoms with van der Waals surface area (Å²) < 4.78 is 2.19. The van der Waals surface area contributed by atoms with E-state index in [1.165, 1.54) is 0 Å². The van der Waals surface area contributed by atoms with E-state index < -0.39 is 0 Å². The first-order valence-electron chi connectivity index (χ1n) is 5.36. The molecule has 0 fully saturated rings. The Morgan fingerprint density at radius 2 is 2.20 bits per heavy atom. The zero-order valence-corrected chi connectivity index (χ0v) is 9.49. The molecule has 0 aliphatic heterocycles. The molecule has 2 rings (SSSR count). The van der Waals surface area contributed by atoms with Crippen LogP contribution in [0.25, 0.3) is 11.0 Å². The third-order valence-electron chi connectivity index (χ3n) is 3.03. The Morgan fingerprint density at radius 1 is 1.47 bits per heavy atom. The summed E-state index contributed by atoms with van der Waals surface area (Å²) in [6, 6.07) is 4.53. The summed E-state index contributed by atoms with van der Waals surface area (Å²) in [7, 11) is 0. The lowest BCUT2D eigenvalue weighted by molar-refractivity contribution is 0.544. The molecular formula is C12H17N3. The number of nitrogen functional groups attached to an aromatic ring is 1. The maximum atomic E-state index is 5.91.